The third-order valence-electron chi connectivity index (χ3n) is 8.39. The number of carbonyl (C=O) groups is 2. The van der Waals surface area contributed by atoms with Crippen molar-refractivity contribution >= 4 is 11.9 Å². The molecule has 37 heavy (non-hydrogen) atoms. The monoisotopic (exact) mass is 502 g/mol. The molecular formula is C33H42O4. The second-order valence-electron chi connectivity index (χ2n) is 10.4. The quantitative estimate of drug-likeness (QED) is 0.253. The smallest absolute Gasteiger partial charge is 0.340 e. The Hall–Kier alpha value is -2.88. The normalized spacial score (nSPS) is 18.4. The zero-order chi connectivity index (χ0) is 26.7. The summed E-state index contributed by atoms with van der Waals surface area (Å²) in [5.74, 6) is 0.673. The Labute approximate surface area is 222 Å². The van der Waals surface area contributed by atoms with Crippen molar-refractivity contribution in [1.29, 1.82) is 0 Å². The van der Waals surface area contributed by atoms with Crippen LogP contribution in [0.5, 0.6) is 11.5 Å². The zero-order valence-corrected chi connectivity index (χ0v) is 23.5. The highest BCUT2D eigenvalue weighted by atomic mass is 16.5. The lowest BCUT2D eigenvalue weighted by Gasteiger charge is -2.21. The van der Waals surface area contributed by atoms with E-state index in [1.54, 1.807) is 0 Å². The lowest BCUT2D eigenvalue weighted by Crippen LogP contribution is -2.24. The van der Waals surface area contributed by atoms with Crippen molar-refractivity contribution in [3.8, 4) is 11.5 Å². The standard InChI is InChI=1S/C33H42O4/c1-7-20-15-22(9-3)26(11-5)28(17-20)36-32(34)30-24-13-14-25(19-24)31(30)33(35)37-29-18-21(8-2)16-23(10-4)27(29)12-6/h15-18,24-25H,7-14,19H2,1-6H3. The Morgan fingerprint density at radius 2 is 1.03 bits per heavy atom. The highest BCUT2D eigenvalue weighted by molar-refractivity contribution is 6.04. The largest absolute Gasteiger partial charge is 0.423 e. The Bertz CT molecular complexity index is 1130. The fourth-order valence-electron chi connectivity index (χ4n) is 6.37. The average molecular weight is 503 g/mol. The summed E-state index contributed by atoms with van der Waals surface area (Å²) in [6.07, 6.45) is 7.81. The van der Waals surface area contributed by atoms with Gasteiger partial charge in [-0.25, -0.2) is 9.59 Å². The molecule has 0 radical (unpaired) electrons. The Kier molecular flexibility index (Phi) is 8.56. The maximum absolute atomic E-state index is 13.7. The molecule has 1 saturated carbocycles. The van der Waals surface area contributed by atoms with Crippen LogP contribution in [0.3, 0.4) is 0 Å². The molecule has 2 aliphatic carbocycles. The number of hydrogen-bond donors (Lipinski definition) is 0. The van der Waals surface area contributed by atoms with Gasteiger partial charge in [-0.3, -0.25) is 0 Å². The van der Waals surface area contributed by atoms with Crippen LogP contribution < -0.4 is 9.47 Å². The first-order valence-corrected chi connectivity index (χ1v) is 14.4. The molecule has 0 saturated heterocycles. The Balaban J connectivity index is 1.69. The predicted octanol–water partition coefficient (Wildman–Crippen LogP) is 7.30. The van der Waals surface area contributed by atoms with E-state index in [1.165, 1.54) is 11.1 Å². The van der Waals surface area contributed by atoms with E-state index in [9.17, 15) is 9.59 Å². The molecule has 198 valence electrons. The first-order chi connectivity index (χ1) is 17.9. The lowest BCUT2D eigenvalue weighted by atomic mass is 9.91. The van der Waals surface area contributed by atoms with E-state index in [1.807, 2.05) is 12.1 Å². The molecule has 2 aliphatic rings. The first kappa shape index (κ1) is 27.2. The number of carbonyl (C=O) groups excluding carboxylic acids is 2. The fourth-order valence-corrected chi connectivity index (χ4v) is 6.37. The summed E-state index contributed by atoms with van der Waals surface area (Å²) in [4.78, 5) is 27.4. The van der Waals surface area contributed by atoms with Gasteiger partial charge >= 0.3 is 11.9 Å². The fraction of sp³-hybridized carbons (Fsp3) is 0.515. The minimum atomic E-state index is -0.378. The molecule has 4 rings (SSSR count). The molecule has 4 nitrogen and oxygen atoms in total. The topological polar surface area (TPSA) is 52.6 Å². The van der Waals surface area contributed by atoms with Gasteiger partial charge in [-0.15, -0.1) is 0 Å². The van der Waals surface area contributed by atoms with E-state index in [4.69, 9.17) is 9.47 Å². The van der Waals surface area contributed by atoms with E-state index in [2.05, 4.69) is 53.7 Å². The minimum Gasteiger partial charge on any atom is -0.423 e. The van der Waals surface area contributed by atoms with Crippen LogP contribution in [0.4, 0.5) is 0 Å². The highest BCUT2D eigenvalue weighted by Gasteiger charge is 2.46. The van der Waals surface area contributed by atoms with Gasteiger partial charge in [0.1, 0.15) is 11.5 Å². The second-order valence-corrected chi connectivity index (χ2v) is 10.4. The van der Waals surface area contributed by atoms with Crippen molar-refractivity contribution in [2.45, 2.75) is 99.3 Å². The SMILES string of the molecule is CCc1cc(CC)c(CC)c(OC(=O)C2=C(C(=O)Oc3cc(CC)cc(CC)c3CC)C3CCC2C3)c1. The van der Waals surface area contributed by atoms with Crippen LogP contribution in [-0.2, 0) is 48.1 Å². The summed E-state index contributed by atoms with van der Waals surface area (Å²) in [5, 5.41) is 0. The van der Waals surface area contributed by atoms with Crippen LogP contribution in [0.2, 0.25) is 0 Å². The number of rotatable bonds is 10. The summed E-state index contributed by atoms with van der Waals surface area (Å²) in [6.45, 7) is 12.7. The van der Waals surface area contributed by atoms with Gasteiger partial charge in [0.2, 0.25) is 0 Å². The maximum Gasteiger partial charge on any atom is 0.340 e. The number of ether oxygens (including phenoxy) is 2. The molecule has 1 fully saturated rings. The lowest BCUT2D eigenvalue weighted by molar-refractivity contribution is -0.133. The maximum atomic E-state index is 13.7. The minimum absolute atomic E-state index is 0.0731. The molecule has 2 unspecified atom stereocenters. The first-order valence-electron chi connectivity index (χ1n) is 14.4. The molecule has 0 aliphatic heterocycles. The van der Waals surface area contributed by atoms with E-state index < -0.39 is 0 Å². The van der Waals surface area contributed by atoms with Crippen LogP contribution >= 0.6 is 0 Å². The van der Waals surface area contributed by atoms with Gasteiger partial charge in [0, 0.05) is 0 Å². The van der Waals surface area contributed by atoms with Gasteiger partial charge in [-0.2, -0.15) is 0 Å². The van der Waals surface area contributed by atoms with Crippen molar-refractivity contribution in [2.75, 3.05) is 0 Å². The highest BCUT2D eigenvalue weighted by Crippen LogP contribution is 2.49. The molecular weight excluding hydrogens is 460 g/mol. The van der Waals surface area contributed by atoms with Gasteiger partial charge < -0.3 is 9.47 Å². The van der Waals surface area contributed by atoms with Gasteiger partial charge in [-0.1, -0.05) is 53.7 Å². The number of aryl methyl sites for hydroxylation is 4. The zero-order valence-electron chi connectivity index (χ0n) is 23.5. The van der Waals surface area contributed by atoms with Gasteiger partial charge in [0.05, 0.1) is 11.1 Å². The molecule has 2 aromatic carbocycles. The number of esters is 2. The number of benzene rings is 2. The molecule has 0 aromatic heterocycles. The van der Waals surface area contributed by atoms with Crippen LogP contribution in [0.15, 0.2) is 35.4 Å². The van der Waals surface area contributed by atoms with E-state index in [-0.39, 0.29) is 23.8 Å². The van der Waals surface area contributed by atoms with Crippen LogP contribution in [0.25, 0.3) is 0 Å². The number of fused-ring (bicyclic) bond motifs is 2. The summed E-state index contributed by atoms with van der Waals surface area (Å²) in [6, 6.07) is 8.43. The molecule has 0 spiro atoms. The molecule has 4 heteroatoms. The van der Waals surface area contributed by atoms with Crippen molar-refractivity contribution in [3.63, 3.8) is 0 Å². The van der Waals surface area contributed by atoms with Crippen LogP contribution in [-0.4, -0.2) is 11.9 Å². The third kappa shape index (κ3) is 5.26. The third-order valence-corrected chi connectivity index (χ3v) is 8.39. The second kappa shape index (κ2) is 11.7. The van der Waals surface area contributed by atoms with Gasteiger partial charge in [0.15, 0.2) is 0 Å². The van der Waals surface area contributed by atoms with E-state index in [0.717, 1.165) is 80.0 Å². The van der Waals surface area contributed by atoms with Crippen molar-refractivity contribution in [1.82, 2.24) is 0 Å². The Morgan fingerprint density at radius 3 is 1.35 bits per heavy atom. The average Bonchev–Trinajstić information content (AvgIpc) is 3.54. The molecule has 0 N–H and O–H groups in total. The summed E-state index contributed by atoms with van der Waals surface area (Å²) >= 11 is 0. The van der Waals surface area contributed by atoms with Crippen LogP contribution in [0.1, 0.15) is 94.2 Å². The molecule has 0 heterocycles. The molecule has 2 atom stereocenters. The van der Waals surface area contributed by atoms with Crippen molar-refractivity contribution < 1.29 is 19.1 Å². The molecule has 2 bridgehead atoms. The van der Waals surface area contributed by atoms with Gasteiger partial charge in [0.25, 0.3) is 0 Å². The van der Waals surface area contributed by atoms with Crippen molar-refractivity contribution in [3.05, 3.63) is 68.8 Å². The number of hydrogen-bond acceptors (Lipinski definition) is 4. The predicted molar refractivity (Wildman–Crippen MR) is 148 cm³/mol. The molecule has 2 aromatic rings. The van der Waals surface area contributed by atoms with Crippen LogP contribution in [0, 0.1) is 11.8 Å². The molecule has 0 amide bonds. The van der Waals surface area contributed by atoms with E-state index >= 15 is 0 Å². The summed E-state index contributed by atoms with van der Waals surface area (Å²) in [7, 11) is 0. The summed E-state index contributed by atoms with van der Waals surface area (Å²) in [5.41, 5.74) is 8.02. The van der Waals surface area contributed by atoms with E-state index in [0.29, 0.717) is 22.6 Å². The van der Waals surface area contributed by atoms with Crippen molar-refractivity contribution in [2.24, 2.45) is 11.8 Å². The van der Waals surface area contributed by atoms with Gasteiger partial charge in [-0.05, 0) is 115 Å². The summed E-state index contributed by atoms with van der Waals surface area (Å²) < 4.78 is 12.2. The Morgan fingerprint density at radius 1 is 0.622 bits per heavy atom.